The molecular formula is C20H23FN2O4S. The van der Waals surface area contributed by atoms with Crippen LogP contribution in [0.4, 0.5) is 4.39 Å². The van der Waals surface area contributed by atoms with Gasteiger partial charge in [-0.05, 0) is 36.8 Å². The van der Waals surface area contributed by atoms with Crippen molar-refractivity contribution in [3.8, 4) is 0 Å². The zero-order chi connectivity index (χ0) is 20.7. The van der Waals surface area contributed by atoms with Crippen LogP contribution in [0.3, 0.4) is 0 Å². The molecule has 0 fully saturated rings. The van der Waals surface area contributed by atoms with Crippen molar-refractivity contribution < 1.29 is 22.4 Å². The van der Waals surface area contributed by atoms with Crippen LogP contribution in [0.25, 0.3) is 0 Å². The average molecular weight is 406 g/mol. The van der Waals surface area contributed by atoms with Crippen molar-refractivity contribution >= 4 is 21.7 Å². The van der Waals surface area contributed by atoms with E-state index in [4.69, 9.17) is 0 Å². The third-order valence-electron chi connectivity index (χ3n) is 4.24. The minimum Gasteiger partial charge on any atom is -0.350 e. The number of hydrogen-bond acceptors (Lipinski definition) is 4. The van der Waals surface area contributed by atoms with Crippen molar-refractivity contribution in [1.29, 1.82) is 0 Å². The Balaban J connectivity index is 2.10. The Morgan fingerprint density at radius 1 is 1.04 bits per heavy atom. The van der Waals surface area contributed by atoms with E-state index in [0.29, 0.717) is 0 Å². The van der Waals surface area contributed by atoms with Crippen LogP contribution in [0.5, 0.6) is 0 Å². The Labute approximate surface area is 164 Å². The van der Waals surface area contributed by atoms with Crippen LogP contribution in [-0.4, -0.2) is 44.0 Å². The molecule has 0 bridgehead atoms. The number of benzene rings is 2. The molecule has 2 amide bonds. The first-order valence-corrected chi connectivity index (χ1v) is 10.6. The van der Waals surface area contributed by atoms with Crippen molar-refractivity contribution in [2.45, 2.75) is 25.3 Å². The van der Waals surface area contributed by atoms with Crippen molar-refractivity contribution in [1.82, 2.24) is 10.2 Å². The summed E-state index contributed by atoms with van der Waals surface area (Å²) in [6.07, 6.45) is 0. The van der Waals surface area contributed by atoms with Gasteiger partial charge in [0.25, 0.3) is 5.91 Å². The molecule has 0 aliphatic carbocycles. The molecule has 0 aliphatic rings. The maximum absolute atomic E-state index is 12.9. The highest BCUT2D eigenvalue weighted by Crippen LogP contribution is 2.19. The summed E-state index contributed by atoms with van der Waals surface area (Å²) >= 11 is 0. The highest BCUT2D eigenvalue weighted by molar-refractivity contribution is 7.91. The van der Waals surface area contributed by atoms with Crippen LogP contribution in [0.2, 0.25) is 0 Å². The second-order valence-electron chi connectivity index (χ2n) is 6.12. The molecule has 2 aromatic carbocycles. The number of nitrogens with one attached hydrogen (secondary N) is 1. The third kappa shape index (κ3) is 5.39. The molecule has 0 aromatic heterocycles. The molecule has 0 saturated heterocycles. The van der Waals surface area contributed by atoms with Gasteiger partial charge in [-0.3, -0.25) is 9.59 Å². The van der Waals surface area contributed by atoms with E-state index in [9.17, 15) is 22.4 Å². The quantitative estimate of drug-likeness (QED) is 0.730. The average Bonchev–Trinajstić information content (AvgIpc) is 2.71. The summed E-state index contributed by atoms with van der Waals surface area (Å²) in [5.41, 5.74) is 0.779. The van der Waals surface area contributed by atoms with Crippen LogP contribution in [0.15, 0.2) is 53.4 Å². The summed E-state index contributed by atoms with van der Waals surface area (Å²) in [6.45, 7) is 3.45. The molecule has 1 N–H and O–H groups in total. The summed E-state index contributed by atoms with van der Waals surface area (Å²) in [4.78, 5) is 26.3. The molecule has 28 heavy (non-hydrogen) atoms. The molecule has 0 saturated carbocycles. The molecule has 0 heterocycles. The Morgan fingerprint density at radius 2 is 1.68 bits per heavy atom. The number of amides is 2. The zero-order valence-corrected chi connectivity index (χ0v) is 16.6. The molecule has 0 radical (unpaired) electrons. The van der Waals surface area contributed by atoms with Crippen molar-refractivity contribution in [2.24, 2.45) is 0 Å². The van der Waals surface area contributed by atoms with E-state index in [1.807, 2.05) is 0 Å². The molecule has 8 heteroatoms. The van der Waals surface area contributed by atoms with Crippen LogP contribution >= 0.6 is 0 Å². The van der Waals surface area contributed by atoms with Gasteiger partial charge in [0.1, 0.15) is 5.82 Å². The summed E-state index contributed by atoms with van der Waals surface area (Å²) in [6, 6.07) is 11.7. The molecule has 0 aliphatic heterocycles. The lowest BCUT2D eigenvalue weighted by atomic mass is 10.2. The lowest BCUT2D eigenvalue weighted by Gasteiger charge is -2.21. The molecule has 0 atom stereocenters. The first-order valence-electron chi connectivity index (χ1n) is 8.90. The third-order valence-corrected chi connectivity index (χ3v) is 6.03. The Hall–Kier alpha value is -2.74. The molecule has 150 valence electrons. The summed E-state index contributed by atoms with van der Waals surface area (Å²) in [5, 5.41) is 2.67. The predicted molar refractivity (Wildman–Crippen MR) is 104 cm³/mol. The first-order chi connectivity index (χ1) is 13.3. The maximum atomic E-state index is 12.9. The standard InChI is InChI=1S/C20H23FN2O4S/c1-3-23(14-19(24)22-13-15-9-11-16(21)12-10-15)20(25)17-7-5-6-8-18(17)28(26,27)4-2/h5-12H,3-4,13-14H2,1-2H3,(H,22,24). The van der Waals surface area contributed by atoms with Gasteiger partial charge in [0.15, 0.2) is 9.84 Å². The predicted octanol–water partition coefficient (Wildman–Crippen LogP) is 2.40. The van der Waals surface area contributed by atoms with Gasteiger partial charge in [-0.1, -0.05) is 31.2 Å². The van der Waals surface area contributed by atoms with Crippen LogP contribution in [-0.2, 0) is 21.2 Å². The SMILES string of the molecule is CCN(CC(=O)NCc1ccc(F)cc1)C(=O)c1ccccc1S(=O)(=O)CC. The monoisotopic (exact) mass is 406 g/mol. The van der Waals surface area contributed by atoms with Crippen molar-refractivity contribution in [3.63, 3.8) is 0 Å². The Bertz CT molecular complexity index is 943. The van der Waals surface area contributed by atoms with E-state index in [0.717, 1.165) is 5.56 Å². The number of hydrogen-bond donors (Lipinski definition) is 1. The number of likely N-dealkylation sites (N-methyl/N-ethyl adjacent to an activating group) is 1. The molecule has 2 rings (SSSR count). The van der Waals surface area contributed by atoms with Gasteiger partial charge in [-0.25, -0.2) is 12.8 Å². The second-order valence-corrected chi connectivity index (χ2v) is 8.37. The molecular weight excluding hydrogens is 383 g/mol. The van der Waals surface area contributed by atoms with Gasteiger partial charge < -0.3 is 10.2 Å². The van der Waals surface area contributed by atoms with Crippen molar-refractivity contribution in [3.05, 3.63) is 65.5 Å². The van der Waals surface area contributed by atoms with Gasteiger partial charge in [0.05, 0.1) is 22.8 Å². The summed E-state index contributed by atoms with van der Waals surface area (Å²) in [7, 11) is -3.57. The second kappa shape index (κ2) is 9.45. The highest BCUT2D eigenvalue weighted by Gasteiger charge is 2.24. The fourth-order valence-electron chi connectivity index (χ4n) is 2.60. The maximum Gasteiger partial charge on any atom is 0.255 e. The lowest BCUT2D eigenvalue weighted by molar-refractivity contribution is -0.121. The van der Waals surface area contributed by atoms with E-state index >= 15 is 0 Å². The van der Waals surface area contributed by atoms with Gasteiger partial charge in [-0.2, -0.15) is 0 Å². The van der Waals surface area contributed by atoms with E-state index < -0.39 is 21.7 Å². The van der Waals surface area contributed by atoms with E-state index in [1.54, 1.807) is 31.2 Å². The van der Waals surface area contributed by atoms with E-state index in [1.165, 1.54) is 36.1 Å². The fraction of sp³-hybridized carbons (Fsp3) is 0.300. The van der Waals surface area contributed by atoms with E-state index in [2.05, 4.69) is 5.32 Å². The molecule has 2 aromatic rings. The Morgan fingerprint density at radius 3 is 2.29 bits per heavy atom. The number of rotatable bonds is 8. The van der Waals surface area contributed by atoms with Gasteiger partial charge >= 0.3 is 0 Å². The van der Waals surface area contributed by atoms with Crippen LogP contribution in [0.1, 0.15) is 29.8 Å². The molecule has 0 spiro atoms. The van der Waals surface area contributed by atoms with Crippen molar-refractivity contribution in [2.75, 3.05) is 18.8 Å². The zero-order valence-electron chi connectivity index (χ0n) is 15.8. The summed E-state index contributed by atoms with van der Waals surface area (Å²) in [5.74, 6) is -1.40. The van der Waals surface area contributed by atoms with Crippen LogP contribution in [0, 0.1) is 5.82 Å². The fourth-order valence-corrected chi connectivity index (χ4v) is 3.69. The Kier molecular flexibility index (Phi) is 7.28. The van der Waals surface area contributed by atoms with Gasteiger partial charge in [0, 0.05) is 13.1 Å². The number of sulfone groups is 1. The number of carbonyl (C=O) groups excluding carboxylic acids is 2. The number of halogens is 1. The normalized spacial score (nSPS) is 11.1. The van der Waals surface area contributed by atoms with Gasteiger partial charge in [0.2, 0.25) is 5.91 Å². The molecule has 6 nitrogen and oxygen atoms in total. The minimum absolute atomic E-state index is 0.0346. The highest BCUT2D eigenvalue weighted by atomic mass is 32.2. The topological polar surface area (TPSA) is 83.6 Å². The van der Waals surface area contributed by atoms with Crippen LogP contribution < -0.4 is 5.32 Å². The first kappa shape index (κ1) is 21.6. The minimum atomic E-state index is -3.57. The molecule has 0 unspecified atom stereocenters. The lowest BCUT2D eigenvalue weighted by Crippen LogP contribution is -2.40. The summed E-state index contributed by atoms with van der Waals surface area (Å²) < 4.78 is 37.5. The van der Waals surface area contributed by atoms with Gasteiger partial charge in [-0.15, -0.1) is 0 Å². The number of carbonyl (C=O) groups is 2. The number of nitrogens with zero attached hydrogens (tertiary/aromatic N) is 1. The van der Waals surface area contributed by atoms with E-state index in [-0.39, 0.29) is 41.7 Å². The largest absolute Gasteiger partial charge is 0.350 e. The smallest absolute Gasteiger partial charge is 0.255 e.